The molecule has 0 fully saturated rings. The van der Waals surface area contributed by atoms with Crippen LogP contribution >= 0.6 is 11.6 Å². The van der Waals surface area contributed by atoms with Gasteiger partial charge in [0.2, 0.25) is 0 Å². The summed E-state index contributed by atoms with van der Waals surface area (Å²) in [5, 5.41) is 19.5. The number of rotatable bonds is 5. The monoisotopic (exact) mass is 243 g/mol. The van der Waals surface area contributed by atoms with Gasteiger partial charge in [0.25, 0.3) is 0 Å². The summed E-state index contributed by atoms with van der Waals surface area (Å²) in [5.74, 6) is 0.327. The molecule has 0 spiro atoms. The molecule has 0 heterocycles. The smallest absolute Gasteiger partial charge is 0.105 e. The number of aliphatic hydroxyl groups excluding tert-OH is 2. The zero-order valence-corrected chi connectivity index (χ0v) is 10.1. The lowest BCUT2D eigenvalue weighted by Gasteiger charge is -2.18. The van der Waals surface area contributed by atoms with Crippen molar-refractivity contribution in [2.24, 2.45) is 0 Å². The van der Waals surface area contributed by atoms with Crippen LogP contribution in [0.4, 0.5) is 5.69 Å². The van der Waals surface area contributed by atoms with Crippen LogP contribution in [0, 0.1) is 0 Å². The van der Waals surface area contributed by atoms with Crippen LogP contribution < -0.4 is 5.73 Å². The molecule has 0 aliphatic carbocycles. The molecule has 0 saturated heterocycles. The standard InChI is InChI=1S/C12H18ClNO2/c1-2-8-7-9(3-4-10(8)14)12(16)11(15)5-6-13/h3-4,7,11-12,15-16H,2,5-6,14H2,1H3. The van der Waals surface area contributed by atoms with Gasteiger partial charge in [0.05, 0.1) is 6.10 Å². The quantitative estimate of drug-likeness (QED) is 0.546. The summed E-state index contributed by atoms with van der Waals surface area (Å²) in [4.78, 5) is 0. The molecule has 4 heteroatoms. The maximum Gasteiger partial charge on any atom is 0.105 e. The summed E-state index contributed by atoms with van der Waals surface area (Å²) >= 11 is 5.52. The maximum absolute atomic E-state index is 9.88. The third kappa shape index (κ3) is 3.11. The summed E-state index contributed by atoms with van der Waals surface area (Å²) in [7, 11) is 0. The third-order valence-electron chi connectivity index (χ3n) is 2.66. The molecule has 0 bridgehead atoms. The number of aliphatic hydroxyl groups is 2. The molecule has 1 aromatic carbocycles. The van der Waals surface area contributed by atoms with E-state index in [4.69, 9.17) is 17.3 Å². The predicted molar refractivity (Wildman–Crippen MR) is 66.5 cm³/mol. The Morgan fingerprint density at radius 1 is 1.38 bits per heavy atom. The van der Waals surface area contributed by atoms with Crippen molar-refractivity contribution in [2.75, 3.05) is 11.6 Å². The second-order valence-electron chi connectivity index (χ2n) is 3.80. The fraction of sp³-hybridized carbons (Fsp3) is 0.500. The Labute approximate surface area is 101 Å². The molecule has 0 saturated carbocycles. The highest BCUT2D eigenvalue weighted by atomic mass is 35.5. The molecule has 0 aliphatic heterocycles. The molecule has 1 aromatic rings. The van der Waals surface area contributed by atoms with E-state index in [0.717, 1.165) is 12.0 Å². The molecule has 0 aliphatic rings. The van der Waals surface area contributed by atoms with Crippen LogP contribution in [0.15, 0.2) is 18.2 Å². The van der Waals surface area contributed by atoms with E-state index < -0.39 is 12.2 Å². The molecule has 3 nitrogen and oxygen atoms in total. The molecule has 4 N–H and O–H groups in total. The fourth-order valence-electron chi connectivity index (χ4n) is 1.61. The molecule has 1 rings (SSSR count). The minimum Gasteiger partial charge on any atom is -0.399 e. The molecule has 0 aromatic heterocycles. The van der Waals surface area contributed by atoms with Gasteiger partial charge in [-0.3, -0.25) is 0 Å². The Bertz CT molecular complexity index is 344. The number of alkyl halides is 1. The van der Waals surface area contributed by atoms with Crippen LogP contribution in [-0.4, -0.2) is 22.2 Å². The van der Waals surface area contributed by atoms with Crippen LogP contribution in [0.2, 0.25) is 0 Å². The molecule has 2 unspecified atom stereocenters. The number of hydrogen-bond donors (Lipinski definition) is 3. The van der Waals surface area contributed by atoms with E-state index in [2.05, 4.69) is 0 Å². The SMILES string of the molecule is CCc1cc(C(O)C(O)CCCl)ccc1N. The van der Waals surface area contributed by atoms with E-state index in [1.54, 1.807) is 12.1 Å². The van der Waals surface area contributed by atoms with Crippen molar-refractivity contribution in [3.05, 3.63) is 29.3 Å². The Kier molecular flexibility index (Phi) is 5.06. The molecule has 0 radical (unpaired) electrons. The zero-order chi connectivity index (χ0) is 12.1. The maximum atomic E-state index is 9.88. The Balaban J connectivity index is 2.87. The van der Waals surface area contributed by atoms with Gasteiger partial charge in [0.15, 0.2) is 0 Å². The number of hydrogen-bond acceptors (Lipinski definition) is 3. The van der Waals surface area contributed by atoms with E-state index in [1.165, 1.54) is 0 Å². The van der Waals surface area contributed by atoms with Crippen LogP contribution in [0.25, 0.3) is 0 Å². The number of benzene rings is 1. The van der Waals surface area contributed by atoms with Gasteiger partial charge in [-0.05, 0) is 30.0 Å². The number of nitrogen functional groups attached to an aromatic ring is 1. The molecule has 0 amide bonds. The Hall–Kier alpha value is -0.770. The van der Waals surface area contributed by atoms with Gasteiger partial charge in [-0.1, -0.05) is 19.1 Å². The summed E-state index contributed by atoms with van der Waals surface area (Å²) < 4.78 is 0. The average molecular weight is 244 g/mol. The lowest BCUT2D eigenvalue weighted by molar-refractivity contribution is 0.0170. The first-order valence-electron chi connectivity index (χ1n) is 5.40. The van der Waals surface area contributed by atoms with Crippen molar-refractivity contribution in [1.29, 1.82) is 0 Å². The molecular formula is C12H18ClNO2. The molecule has 90 valence electrons. The predicted octanol–water partition coefficient (Wildman–Crippen LogP) is 1.85. The zero-order valence-electron chi connectivity index (χ0n) is 9.36. The van der Waals surface area contributed by atoms with Gasteiger partial charge in [0.1, 0.15) is 6.10 Å². The first kappa shape index (κ1) is 13.3. The van der Waals surface area contributed by atoms with Gasteiger partial charge in [-0.25, -0.2) is 0 Å². The highest BCUT2D eigenvalue weighted by molar-refractivity contribution is 6.17. The van der Waals surface area contributed by atoms with E-state index >= 15 is 0 Å². The topological polar surface area (TPSA) is 66.5 Å². The summed E-state index contributed by atoms with van der Waals surface area (Å²) in [6.45, 7) is 2.00. The minimum atomic E-state index is -0.898. The van der Waals surface area contributed by atoms with Crippen molar-refractivity contribution in [3.8, 4) is 0 Å². The lowest BCUT2D eigenvalue weighted by atomic mass is 9.99. The normalized spacial score (nSPS) is 14.8. The minimum absolute atomic E-state index is 0.327. The second-order valence-corrected chi connectivity index (χ2v) is 4.18. The van der Waals surface area contributed by atoms with Crippen molar-refractivity contribution in [1.82, 2.24) is 0 Å². The largest absolute Gasteiger partial charge is 0.399 e. The summed E-state index contributed by atoms with van der Waals surface area (Å²) in [6.07, 6.45) is -0.553. The third-order valence-corrected chi connectivity index (χ3v) is 2.88. The van der Waals surface area contributed by atoms with E-state index in [0.29, 0.717) is 23.6 Å². The Morgan fingerprint density at radius 3 is 2.62 bits per heavy atom. The van der Waals surface area contributed by atoms with E-state index in [9.17, 15) is 10.2 Å². The molecule has 16 heavy (non-hydrogen) atoms. The lowest BCUT2D eigenvalue weighted by Crippen LogP contribution is -2.18. The summed E-state index contributed by atoms with van der Waals surface area (Å²) in [6, 6.07) is 5.32. The highest BCUT2D eigenvalue weighted by Crippen LogP contribution is 2.23. The van der Waals surface area contributed by atoms with Gasteiger partial charge < -0.3 is 15.9 Å². The second kappa shape index (κ2) is 6.09. The van der Waals surface area contributed by atoms with Crippen molar-refractivity contribution >= 4 is 17.3 Å². The fourth-order valence-corrected chi connectivity index (χ4v) is 1.83. The van der Waals surface area contributed by atoms with E-state index in [-0.39, 0.29) is 0 Å². The van der Waals surface area contributed by atoms with Crippen LogP contribution in [-0.2, 0) is 6.42 Å². The van der Waals surface area contributed by atoms with Gasteiger partial charge >= 0.3 is 0 Å². The number of aryl methyl sites for hydroxylation is 1. The average Bonchev–Trinajstić information content (AvgIpc) is 2.29. The molecular weight excluding hydrogens is 226 g/mol. The van der Waals surface area contributed by atoms with E-state index in [1.807, 2.05) is 13.0 Å². The Morgan fingerprint density at radius 2 is 2.06 bits per heavy atom. The van der Waals surface area contributed by atoms with Gasteiger partial charge in [0, 0.05) is 11.6 Å². The number of anilines is 1. The molecule has 2 atom stereocenters. The van der Waals surface area contributed by atoms with Crippen molar-refractivity contribution in [2.45, 2.75) is 32.0 Å². The van der Waals surface area contributed by atoms with Crippen LogP contribution in [0.3, 0.4) is 0 Å². The van der Waals surface area contributed by atoms with Gasteiger partial charge in [-0.15, -0.1) is 11.6 Å². The van der Waals surface area contributed by atoms with Crippen LogP contribution in [0.1, 0.15) is 30.6 Å². The van der Waals surface area contributed by atoms with Gasteiger partial charge in [-0.2, -0.15) is 0 Å². The summed E-state index contributed by atoms with van der Waals surface area (Å²) in [5.41, 5.74) is 8.15. The van der Waals surface area contributed by atoms with Crippen LogP contribution in [0.5, 0.6) is 0 Å². The van der Waals surface area contributed by atoms with Crippen molar-refractivity contribution < 1.29 is 10.2 Å². The van der Waals surface area contributed by atoms with Crippen molar-refractivity contribution in [3.63, 3.8) is 0 Å². The number of halogens is 1. The highest BCUT2D eigenvalue weighted by Gasteiger charge is 2.18. The first-order valence-corrected chi connectivity index (χ1v) is 5.94. The number of nitrogens with two attached hydrogens (primary N) is 1. The first-order chi connectivity index (χ1) is 7.60.